The molecule has 112 valence electrons. The molecule has 2 aliphatic rings. The maximum Gasteiger partial charge on any atom is 0.353 e. The van der Waals surface area contributed by atoms with E-state index >= 15 is 0 Å². The molecular formula is C11H13N5O3S2. The van der Waals surface area contributed by atoms with Gasteiger partial charge in [0, 0.05) is 25.4 Å². The fourth-order valence-corrected chi connectivity index (χ4v) is 4.39. The second-order valence-electron chi connectivity index (χ2n) is 4.85. The van der Waals surface area contributed by atoms with Crippen LogP contribution in [-0.4, -0.2) is 63.3 Å². The number of carbonyl (C=O) groups excluding carboxylic acids is 1. The van der Waals surface area contributed by atoms with E-state index in [1.165, 1.54) is 28.0 Å². The number of anilines is 1. The second-order valence-corrected chi connectivity index (χ2v) is 6.91. The van der Waals surface area contributed by atoms with Crippen molar-refractivity contribution < 1.29 is 14.7 Å². The first-order valence-electron chi connectivity index (χ1n) is 6.09. The number of β-lactam (4-membered cyclic amide) rings is 1. The summed E-state index contributed by atoms with van der Waals surface area (Å²) in [6.07, 6.45) is 0. The van der Waals surface area contributed by atoms with Crippen LogP contribution in [0.25, 0.3) is 5.57 Å². The minimum Gasteiger partial charge on any atom is -0.477 e. The Labute approximate surface area is 128 Å². The molecule has 0 bridgehead atoms. The van der Waals surface area contributed by atoms with Crippen LogP contribution in [0.15, 0.2) is 5.70 Å². The Bertz CT molecular complexity index is 656. The minimum absolute atomic E-state index is 0.0214. The molecule has 8 nitrogen and oxygen atoms in total. The van der Waals surface area contributed by atoms with Gasteiger partial charge in [0.25, 0.3) is 0 Å². The van der Waals surface area contributed by atoms with E-state index in [2.05, 4.69) is 10.2 Å². The SMILES string of the molecule is CN(C)c1nnc(C2=C(C(=O)O)N3C(=O)C(N)[C@@H]3SC2)s1. The molecule has 0 aromatic carbocycles. The summed E-state index contributed by atoms with van der Waals surface area (Å²) in [7, 11) is 3.67. The number of carbonyl (C=O) groups is 2. The molecule has 1 saturated heterocycles. The Morgan fingerprint density at radius 2 is 2.19 bits per heavy atom. The van der Waals surface area contributed by atoms with Crippen LogP contribution >= 0.6 is 23.1 Å². The zero-order valence-corrected chi connectivity index (χ0v) is 12.9. The third-order valence-electron chi connectivity index (χ3n) is 3.27. The number of nitrogens with zero attached hydrogens (tertiary/aromatic N) is 4. The molecule has 21 heavy (non-hydrogen) atoms. The van der Waals surface area contributed by atoms with Gasteiger partial charge in [0.1, 0.15) is 22.1 Å². The average Bonchev–Trinajstić information content (AvgIpc) is 2.94. The van der Waals surface area contributed by atoms with Crippen molar-refractivity contribution >= 4 is 45.7 Å². The molecular weight excluding hydrogens is 314 g/mol. The lowest BCUT2D eigenvalue weighted by Crippen LogP contribution is -2.68. The van der Waals surface area contributed by atoms with E-state index in [0.717, 1.165) is 0 Å². The van der Waals surface area contributed by atoms with E-state index in [9.17, 15) is 14.7 Å². The van der Waals surface area contributed by atoms with Gasteiger partial charge in [0.05, 0.1) is 0 Å². The maximum atomic E-state index is 11.9. The zero-order valence-electron chi connectivity index (χ0n) is 11.3. The number of rotatable bonds is 3. The van der Waals surface area contributed by atoms with Crippen molar-refractivity contribution in [2.75, 3.05) is 24.7 Å². The Hall–Kier alpha value is -1.65. The summed E-state index contributed by atoms with van der Waals surface area (Å²) in [5.41, 5.74) is 6.21. The van der Waals surface area contributed by atoms with Crippen LogP contribution in [0.1, 0.15) is 5.01 Å². The first-order chi connectivity index (χ1) is 9.91. The summed E-state index contributed by atoms with van der Waals surface area (Å²) < 4.78 is 0. The van der Waals surface area contributed by atoms with Crippen molar-refractivity contribution in [1.82, 2.24) is 15.1 Å². The Morgan fingerprint density at radius 3 is 2.76 bits per heavy atom. The number of carboxylic acid groups (broad SMARTS) is 1. The Morgan fingerprint density at radius 1 is 1.48 bits per heavy atom. The van der Waals surface area contributed by atoms with Crippen LogP contribution in [0, 0.1) is 0 Å². The lowest BCUT2D eigenvalue weighted by molar-refractivity contribution is -0.147. The maximum absolute atomic E-state index is 11.9. The Kier molecular flexibility index (Phi) is 3.38. The molecule has 0 radical (unpaired) electrons. The molecule has 2 aliphatic heterocycles. The van der Waals surface area contributed by atoms with E-state index in [4.69, 9.17) is 5.73 Å². The van der Waals surface area contributed by atoms with Crippen molar-refractivity contribution in [3.8, 4) is 0 Å². The van der Waals surface area contributed by atoms with E-state index in [-0.39, 0.29) is 17.0 Å². The number of aromatic nitrogens is 2. The average molecular weight is 327 g/mol. The van der Waals surface area contributed by atoms with Crippen LogP contribution in [0.3, 0.4) is 0 Å². The highest BCUT2D eigenvalue weighted by molar-refractivity contribution is 8.00. The fraction of sp³-hybridized carbons (Fsp3) is 0.455. The highest BCUT2D eigenvalue weighted by Gasteiger charge is 2.52. The summed E-state index contributed by atoms with van der Waals surface area (Å²) >= 11 is 2.75. The minimum atomic E-state index is -1.14. The molecule has 1 aromatic rings. The zero-order chi connectivity index (χ0) is 15.3. The van der Waals surface area contributed by atoms with Crippen molar-refractivity contribution in [2.24, 2.45) is 5.73 Å². The molecule has 0 aliphatic carbocycles. The van der Waals surface area contributed by atoms with Gasteiger partial charge in [-0.3, -0.25) is 9.69 Å². The largest absolute Gasteiger partial charge is 0.477 e. The molecule has 2 atom stereocenters. The first kappa shape index (κ1) is 14.3. The Balaban J connectivity index is 2.05. The number of aliphatic carboxylic acids is 1. The third kappa shape index (κ3) is 2.10. The summed E-state index contributed by atoms with van der Waals surface area (Å²) in [6, 6.07) is -0.627. The van der Waals surface area contributed by atoms with Crippen LogP contribution < -0.4 is 10.6 Å². The number of hydrogen-bond donors (Lipinski definition) is 2. The molecule has 0 spiro atoms. The molecule has 10 heteroatoms. The van der Waals surface area contributed by atoms with E-state index in [1.54, 1.807) is 4.90 Å². The van der Waals surface area contributed by atoms with Crippen molar-refractivity contribution in [3.05, 3.63) is 10.7 Å². The molecule has 1 aromatic heterocycles. The summed E-state index contributed by atoms with van der Waals surface area (Å²) in [4.78, 5) is 26.5. The molecule has 3 N–H and O–H groups in total. The summed E-state index contributed by atoms with van der Waals surface area (Å²) in [6.45, 7) is 0. The number of fused-ring (bicyclic) bond motifs is 1. The normalized spacial score (nSPS) is 24.7. The lowest BCUT2D eigenvalue weighted by Gasteiger charge is -2.47. The topological polar surface area (TPSA) is 113 Å². The van der Waals surface area contributed by atoms with Gasteiger partial charge in [0.2, 0.25) is 11.0 Å². The van der Waals surface area contributed by atoms with Gasteiger partial charge in [-0.2, -0.15) is 0 Å². The number of thioether (sulfide) groups is 1. The van der Waals surface area contributed by atoms with Crippen molar-refractivity contribution in [3.63, 3.8) is 0 Å². The van der Waals surface area contributed by atoms with Gasteiger partial charge in [-0.05, 0) is 0 Å². The van der Waals surface area contributed by atoms with Gasteiger partial charge >= 0.3 is 5.97 Å². The number of carboxylic acids is 1. The first-order valence-corrected chi connectivity index (χ1v) is 7.96. The monoisotopic (exact) mass is 327 g/mol. The second kappa shape index (κ2) is 4.97. The summed E-state index contributed by atoms with van der Waals surface area (Å²) in [5, 5.41) is 18.4. The third-order valence-corrected chi connectivity index (χ3v) is 5.72. The molecule has 1 fully saturated rings. The molecule has 3 heterocycles. The van der Waals surface area contributed by atoms with Crippen LogP contribution in [0.2, 0.25) is 0 Å². The van der Waals surface area contributed by atoms with E-state index in [0.29, 0.717) is 21.5 Å². The highest BCUT2D eigenvalue weighted by atomic mass is 32.2. The van der Waals surface area contributed by atoms with E-state index in [1.807, 2.05) is 14.1 Å². The van der Waals surface area contributed by atoms with Gasteiger partial charge in [-0.25, -0.2) is 4.79 Å². The van der Waals surface area contributed by atoms with Crippen molar-refractivity contribution in [2.45, 2.75) is 11.4 Å². The van der Waals surface area contributed by atoms with Gasteiger partial charge in [-0.15, -0.1) is 22.0 Å². The predicted octanol–water partition coefficient (Wildman–Crippen LogP) is -0.358. The number of nitrogens with two attached hydrogens (primary N) is 1. The highest BCUT2D eigenvalue weighted by Crippen LogP contribution is 2.43. The van der Waals surface area contributed by atoms with Crippen LogP contribution in [0.5, 0.6) is 0 Å². The van der Waals surface area contributed by atoms with E-state index < -0.39 is 12.0 Å². The predicted molar refractivity (Wildman–Crippen MR) is 79.9 cm³/mol. The number of hydrogen-bond acceptors (Lipinski definition) is 8. The smallest absolute Gasteiger partial charge is 0.353 e. The van der Waals surface area contributed by atoms with Crippen molar-refractivity contribution in [1.29, 1.82) is 0 Å². The molecule has 1 amide bonds. The molecule has 1 unspecified atom stereocenters. The molecule has 3 rings (SSSR count). The molecule has 0 saturated carbocycles. The van der Waals surface area contributed by atoms with Gasteiger partial charge < -0.3 is 15.7 Å². The lowest BCUT2D eigenvalue weighted by atomic mass is 10.0. The summed E-state index contributed by atoms with van der Waals surface area (Å²) in [5.74, 6) is -1.05. The van der Waals surface area contributed by atoms with Gasteiger partial charge in [0.15, 0.2) is 0 Å². The van der Waals surface area contributed by atoms with Gasteiger partial charge in [-0.1, -0.05) is 11.3 Å². The van der Waals surface area contributed by atoms with Crippen LogP contribution in [-0.2, 0) is 9.59 Å². The number of amides is 1. The van der Waals surface area contributed by atoms with Crippen LogP contribution in [0.4, 0.5) is 5.13 Å². The fourth-order valence-electron chi connectivity index (χ4n) is 2.20. The quantitative estimate of drug-likeness (QED) is 0.724. The standard InChI is InChI=1S/C11H13N5O3S2/c1-15(2)11-14-13-7(21-11)4-3-20-9-5(12)8(17)16(9)6(4)10(18)19/h5,9H,3,12H2,1-2H3,(H,18,19)/t5?,9-/m0/s1.